The van der Waals surface area contributed by atoms with Crippen LogP contribution < -0.4 is 0 Å². The van der Waals surface area contributed by atoms with Gasteiger partial charge in [0.1, 0.15) is 0 Å². The van der Waals surface area contributed by atoms with Crippen molar-refractivity contribution in [2.75, 3.05) is 0 Å². The summed E-state index contributed by atoms with van der Waals surface area (Å²) < 4.78 is 0. The predicted octanol–water partition coefficient (Wildman–Crippen LogP) is 12.4. The molecule has 0 bridgehead atoms. The standard InChI is InChI=1S/C46H28N2/c1-2-13-30(14-3-1)45-40-26-23-31-16-11-27-47-46(31)44(40)39-25-24-32(28-41(39)48-45)42-35-18-6-8-20-37(35)43(38-21-9-7-19-36(38)42)34-22-10-15-29-12-4-5-17-33(29)34/h1-28H. The molecule has 10 rings (SSSR count). The molecule has 0 spiro atoms. The Kier molecular flexibility index (Phi) is 5.91. The van der Waals surface area contributed by atoms with Crippen LogP contribution >= 0.6 is 0 Å². The summed E-state index contributed by atoms with van der Waals surface area (Å²) in [5.41, 5.74) is 8.95. The van der Waals surface area contributed by atoms with Gasteiger partial charge in [-0.2, -0.15) is 0 Å². The Bertz CT molecular complexity index is 2830. The van der Waals surface area contributed by atoms with Gasteiger partial charge in [0, 0.05) is 33.3 Å². The molecule has 0 saturated heterocycles. The van der Waals surface area contributed by atoms with Crippen molar-refractivity contribution in [1.29, 1.82) is 0 Å². The molecule has 0 N–H and O–H groups in total. The van der Waals surface area contributed by atoms with Gasteiger partial charge in [-0.15, -0.1) is 0 Å². The van der Waals surface area contributed by atoms with Crippen LogP contribution in [0, 0.1) is 0 Å². The lowest BCUT2D eigenvalue weighted by atomic mass is 9.84. The first-order valence-electron chi connectivity index (χ1n) is 16.4. The molecule has 0 amide bonds. The van der Waals surface area contributed by atoms with Gasteiger partial charge in [-0.1, -0.05) is 152 Å². The van der Waals surface area contributed by atoms with Gasteiger partial charge in [-0.05, 0) is 66.7 Å². The van der Waals surface area contributed by atoms with Crippen LogP contribution in [0.3, 0.4) is 0 Å². The number of pyridine rings is 2. The van der Waals surface area contributed by atoms with E-state index in [9.17, 15) is 0 Å². The summed E-state index contributed by atoms with van der Waals surface area (Å²) in [5.74, 6) is 0. The highest BCUT2D eigenvalue weighted by molar-refractivity contribution is 6.25. The van der Waals surface area contributed by atoms with Crippen molar-refractivity contribution in [3.05, 3.63) is 170 Å². The first kappa shape index (κ1) is 26.8. The first-order chi connectivity index (χ1) is 23.8. The zero-order chi connectivity index (χ0) is 31.6. The Morgan fingerprint density at radius 3 is 1.77 bits per heavy atom. The Labute approximate surface area is 277 Å². The molecule has 2 heteroatoms. The maximum absolute atomic E-state index is 5.40. The van der Waals surface area contributed by atoms with Crippen molar-refractivity contribution in [2.45, 2.75) is 0 Å². The zero-order valence-corrected chi connectivity index (χ0v) is 26.1. The molecular formula is C46H28N2. The molecule has 0 unspecified atom stereocenters. The molecule has 0 radical (unpaired) electrons. The quantitative estimate of drug-likeness (QED) is 0.147. The monoisotopic (exact) mass is 608 g/mol. The van der Waals surface area contributed by atoms with Crippen LogP contribution in [0.4, 0.5) is 0 Å². The number of benzene rings is 8. The second-order valence-electron chi connectivity index (χ2n) is 12.5. The number of aromatic nitrogens is 2. The fourth-order valence-electron chi connectivity index (χ4n) is 7.78. The van der Waals surface area contributed by atoms with Crippen molar-refractivity contribution >= 4 is 64.9 Å². The van der Waals surface area contributed by atoms with E-state index in [-0.39, 0.29) is 0 Å². The van der Waals surface area contributed by atoms with Crippen LogP contribution in [-0.4, -0.2) is 9.97 Å². The van der Waals surface area contributed by atoms with E-state index < -0.39 is 0 Å². The summed E-state index contributed by atoms with van der Waals surface area (Å²) in [7, 11) is 0. The molecule has 0 atom stereocenters. The Morgan fingerprint density at radius 1 is 0.375 bits per heavy atom. The van der Waals surface area contributed by atoms with E-state index in [1.54, 1.807) is 0 Å². The summed E-state index contributed by atoms with van der Waals surface area (Å²) in [5, 5.41) is 12.0. The van der Waals surface area contributed by atoms with E-state index in [0.29, 0.717) is 0 Å². The van der Waals surface area contributed by atoms with Crippen molar-refractivity contribution in [3.8, 4) is 33.5 Å². The van der Waals surface area contributed by atoms with E-state index in [0.717, 1.165) is 49.4 Å². The van der Waals surface area contributed by atoms with Crippen LogP contribution in [0.2, 0.25) is 0 Å². The third kappa shape index (κ3) is 4.00. The predicted molar refractivity (Wildman–Crippen MR) is 203 cm³/mol. The number of hydrogen-bond acceptors (Lipinski definition) is 2. The van der Waals surface area contributed by atoms with E-state index >= 15 is 0 Å². The van der Waals surface area contributed by atoms with Gasteiger partial charge in [-0.25, -0.2) is 4.98 Å². The molecule has 0 fully saturated rings. The van der Waals surface area contributed by atoms with Crippen LogP contribution in [0.15, 0.2) is 170 Å². The molecule has 8 aromatic carbocycles. The molecule has 222 valence electrons. The Morgan fingerprint density at radius 2 is 1.00 bits per heavy atom. The normalized spacial score (nSPS) is 11.8. The first-order valence-corrected chi connectivity index (χ1v) is 16.4. The molecule has 2 nitrogen and oxygen atoms in total. The minimum atomic E-state index is 0.961. The lowest BCUT2D eigenvalue weighted by Crippen LogP contribution is -1.94. The largest absolute Gasteiger partial charge is 0.256 e. The van der Waals surface area contributed by atoms with Crippen LogP contribution in [0.1, 0.15) is 0 Å². The minimum absolute atomic E-state index is 0.961. The highest BCUT2D eigenvalue weighted by atomic mass is 14.7. The van der Waals surface area contributed by atoms with Crippen LogP contribution in [0.5, 0.6) is 0 Å². The Balaban J connectivity index is 1.32. The molecule has 0 aliphatic rings. The van der Waals surface area contributed by atoms with Crippen molar-refractivity contribution in [3.63, 3.8) is 0 Å². The number of nitrogens with zero attached hydrogens (tertiary/aromatic N) is 2. The average Bonchev–Trinajstić information content (AvgIpc) is 3.16. The summed E-state index contributed by atoms with van der Waals surface area (Å²) in [4.78, 5) is 10.3. The third-order valence-corrected chi connectivity index (χ3v) is 9.86. The molecule has 2 heterocycles. The van der Waals surface area contributed by atoms with Gasteiger partial charge in [0.25, 0.3) is 0 Å². The highest BCUT2D eigenvalue weighted by Crippen LogP contribution is 2.46. The fourth-order valence-corrected chi connectivity index (χ4v) is 7.78. The van der Waals surface area contributed by atoms with Gasteiger partial charge in [0.2, 0.25) is 0 Å². The topological polar surface area (TPSA) is 25.8 Å². The van der Waals surface area contributed by atoms with E-state index in [1.807, 2.05) is 12.3 Å². The van der Waals surface area contributed by atoms with Crippen molar-refractivity contribution in [1.82, 2.24) is 9.97 Å². The maximum Gasteiger partial charge on any atom is 0.0788 e. The second kappa shape index (κ2) is 10.6. The lowest BCUT2D eigenvalue weighted by Gasteiger charge is -2.19. The molecule has 0 saturated carbocycles. The van der Waals surface area contributed by atoms with E-state index in [1.165, 1.54) is 49.0 Å². The van der Waals surface area contributed by atoms with Gasteiger partial charge in [0.05, 0.1) is 16.7 Å². The molecular weight excluding hydrogens is 581 g/mol. The van der Waals surface area contributed by atoms with Crippen LogP contribution in [-0.2, 0) is 0 Å². The number of hydrogen-bond donors (Lipinski definition) is 0. The van der Waals surface area contributed by atoms with Gasteiger partial charge in [0.15, 0.2) is 0 Å². The smallest absolute Gasteiger partial charge is 0.0788 e. The van der Waals surface area contributed by atoms with Crippen molar-refractivity contribution < 1.29 is 0 Å². The van der Waals surface area contributed by atoms with Crippen molar-refractivity contribution in [2.24, 2.45) is 0 Å². The third-order valence-electron chi connectivity index (χ3n) is 9.86. The summed E-state index contributed by atoms with van der Waals surface area (Å²) >= 11 is 0. The lowest BCUT2D eigenvalue weighted by molar-refractivity contribution is 1.41. The molecule has 2 aromatic heterocycles. The molecule has 10 aromatic rings. The summed E-state index contributed by atoms with van der Waals surface area (Å²) in [6, 6.07) is 58.9. The zero-order valence-electron chi connectivity index (χ0n) is 26.1. The molecule has 0 aliphatic heterocycles. The number of rotatable bonds is 3. The minimum Gasteiger partial charge on any atom is -0.256 e. The van der Waals surface area contributed by atoms with Gasteiger partial charge in [-0.3, -0.25) is 4.98 Å². The molecule has 0 aliphatic carbocycles. The Hall–Kier alpha value is -6.38. The van der Waals surface area contributed by atoms with E-state index in [4.69, 9.17) is 9.97 Å². The SMILES string of the molecule is c1ccc(-c2nc3cc(-c4c5ccccc5c(-c5cccc6ccccc56)c5ccccc45)ccc3c3c2ccc2cccnc23)cc1. The average molecular weight is 609 g/mol. The number of fused-ring (bicyclic) bond motifs is 8. The second-order valence-corrected chi connectivity index (χ2v) is 12.5. The van der Waals surface area contributed by atoms with Gasteiger partial charge >= 0.3 is 0 Å². The fraction of sp³-hybridized carbons (Fsp3) is 0. The summed E-state index contributed by atoms with van der Waals surface area (Å²) in [6.45, 7) is 0. The maximum atomic E-state index is 5.40. The highest BCUT2D eigenvalue weighted by Gasteiger charge is 2.19. The molecule has 48 heavy (non-hydrogen) atoms. The summed E-state index contributed by atoms with van der Waals surface area (Å²) in [6.07, 6.45) is 1.89. The van der Waals surface area contributed by atoms with Crippen LogP contribution in [0.25, 0.3) is 98.4 Å². The van der Waals surface area contributed by atoms with Gasteiger partial charge < -0.3 is 0 Å². The van der Waals surface area contributed by atoms with E-state index in [2.05, 4.69) is 158 Å².